The molecule has 0 saturated carbocycles. The minimum Gasteiger partial charge on any atom is -0.459 e. The molecule has 0 unspecified atom stereocenters. The molecule has 174 valence electrons. The molecule has 0 amide bonds. The van der Waals surface area contributed by atoms with Gasteiger partial charge < -0.3 is 14.8 Å². The van der Waals surface area contributed by atoms with E-state index >= 15 is 0 Å². The van der Waals surface area contributed by atoms with E-state index in [0.717, 1.165) is 54.1 Å². The number of aryl methyl sites for hydroxylation is 1. The first-order valence-electron chi connectivity index (χ1n) is 11.7. The second-order valence-corrected chi connectivity index (χ2v) is 11.1. The lowest BCUT2D eigenvalue weighted by molar-refractivity contribution is -0.142. The maximum absolute atomic E-state index is 13.6. The highest BCUT2D eigenvalue weighted by atomic mass is 32.1. The summed E-state index contributed by atoms with van der Waals surface area (Å²) in [4.78, 5) is 30.4. The van der Waals surface area contributed by atoms with E-state index in [-0.39, 0.29) is 36.3 Å². The van der Waals surface area contributed by atoms with Crippen molar-refractivity contribution in [1.82, 2.24) is 5.32 Å². The van der Waals surface area contributed by atoms with Gasteiger partial charge in [0.05, 0.1) is 17.6 Å². The Morgan fingerprint density at radius 1 is 1.24 bits per heavy atom. The normalized spacial score (nSPS) is 25.3. The Kier molecular flexibility index (Phi) is 6.54. The van der Waals surface area contributed by atoms with Crippen LogP contribution >= 0.6 is 22.7 Å². The second kappa shape index (κ2) is 9.57. The van der Waals surface area contributed by atoms with Crippen LogP contribution in [0.4, 0.5) is 0 Å². The lowest BCUT2D eigenvalue weighted by Crippen LogP contribution is -2.36. The summed E-state index contributed by atoms with van der Waals surface area (Å²) >= 11 is 3.38. The molecule has 0 spiro atoms. The van der Waals surface area contributed by atoms with Crippen molar-refractivity contribution in [1.29, 1.82) is 0 Å². The first-order valence-corrected chi connectivity index (χ1v) is 13.4. The van der Waals surface area contributed by atoms with Crippen LogP contribution in [0, 0.1) is 0 Å². The van der Waals surface area contributed by atoms with Crippen molar-refractivity contribution < 1.29 is 19.1 Å². The summed E-state index contributed by atoms with van der Waals surface area (Å²) in [6, 6.07) is 8.33. The van der Waals surface area contributed by atoms with Gasteiger partial charge in [0.1, 0.15) is 6.61 Å². The minimum atomic E-state index is -0.375. The molecule has 7 heteroatoms. The summed E-state index contributed by atoms with van der Waals surface area (Å²) in [7, 11) is 0. The third-order valence-electron chi connectivity index (χ3n) is 6.73. The Hall–Kier alpha value is -2.22. The first kappa shape index (κ1) is 22.6. The number of Topliss-reactive ketones (excluding diaryl/α,β-unsaturated/α-hetero) is 1. The molecule has 0 radical (unpaired) electrons. The number of dihydropyridines is 1. The Labute approximate surface area is 202 Å². The average molecular weight is 484 g/mol. The van der Waals surface area contributed by atoms with Gasteiger partial charge in [-0.05, 0) is 56.2 Å². The van der Waals surface area contributed by atoms with E-state index in [2.05, 4.69) is 35.8 Å². The summed E-state index contributed by atoms with van der Waals surface area (Å²) in [6.07, 6.45) is 4.06. The number of esters is 1. The van der Waals surface area contributed by atoms with Gasteiger partial charge in [-0.15, -0.1) is 22.7 Å². The number of ketones is 1. The lowest BCUT2D eigenvalue weighted by Gasteiger charge is -2.36. The topological polar surface area (TPSA) is 64.6 Å². The highest BCUT2D eigenvalue weighted by Crippen LogP contribution is 2.47. The average Bonchev–Trinajstić information content (AvgIpc) is 3.59. The molecule has 2 aromatic heterocycles. The number of thiophene rings is 2. The van der Waals surface area contributed by atoms with Crippen molar-refractivity contribution >= 4 is 34.4 Å². The van der Waals surface area contributed by atoms with Crippen LogP contribution in [0.1, 0.15) is 66.0 Å². The summed E-state index contributed by atoms with van der Waals surface area (Å²) in [6.45, 7) is 5.03. The summed E-state index contributed by atoms with van der Waals surface area (Å²) in [5, 5.41) is 5.50. The van der Waals surface area contributed by atoms with Crippen molar-refractivity contribution in [3.63, 3.8) is 0 Å². The second-order valence-electron chi connectivity index (χ2n) is 8.92. The Balaban J connectivity index is 1.49. The van der Waals surface area contributed by atoms with Crippen molar-refractivity contribution in [2.24, 2.45) is 0 Å². The van der Waals surface area contributed by atoms with E-state index < -0.39 is 0 Å². The summed E-state index contributed by atoms with van der Waals surface area (Å²) < 4.78 is 11.4. The maximum atomic E-state index is 13.6. The molecule has 1 N–H and O–H groups in total. The zero-order valence-electron chi connectivity index (χ0n) is 19.0. The molecule has 4 heterocycles. The molecule has 5 nitrogen and oxygen atoms in total. The molecule has 3 atom stereocenters. The van der Waals surface area contributed by atoms with Crippen LogP contribution in [-0.2, 0) is 25.5 Å². The van der Waals surface area contributed by atoms with E-state index in [1.165, 1.54) is 9.75 Å². The van der Waals surface area contributed by atoms with Gasteiger partial charge in [0, 0.05) is 50.5 Å². The van der Waals surface area contributed by atoms with Crippen LogP contribution in [0.3, 0.4) is 0 Å². The highest BCUT2D eigenvalue weighted by Gasteiger charge is 2.42. The van der Waals surface area contributed by atoms with Gasteiger partial charge in [0.2, 0.25) is 0 Å². The van der Waals surface area contributed by atoms with Crippen LogP contribution in [-0.4, -0.2) is 31.1 Å². The molecule has 1 saturated heterocycles. The molecule has 1 aliphatic carbocycles. The number of ether oxygens (including phenoxy) is 2. The van der Waals surface area contributed by atoms with Gasteiger partial charge in [-0.25, -0.2) is 4.79 Å². The van der Waals surface area contributed by atoms with Crippen LogP contribution in [0.5, 0.6) is 0 Å². The standard InChI is InChI=1S/C26H29NO4S2/c1-3-18-8-9-22(33-18)25-23(26(29)31-14-17-6-4-10-30-17)15(2)27-19-12-16(13-20(28)24(19)25)21-7-5-11-32-21/h5,7-9,11,16-17,25,27H,3-4,6,10,12-14H2,1-2H3/t16-,17-,25-/m0/s1. The summed E-state index contributed by atoms with van der Waals surface area (Å²) in [5.41, 5.74) is 3.03. The number of carbonyl (C=O) groups excluding carboxylic acids is 2. The number of carbonyl (C=O) groups is 2. The van der Waals surface area contributed by atoms with E-state index in [0.29, 0.717) is 12.0 Å². The highest BCUT2D eigenvalue weighted by molar-refractivity contribution is 7.12. The number of rotatable bonds is 6. The Morgan fingerprint density at radius 2 is 2.12 bits per heavy atom. The largest absolute Gasteiger partial charge is 0.459 e. The quantitative estimate of drug-likeness (QED) is 0.553. The molecule has 0 bridgehead atoms. The zero-order chi connectivity index (χ0) is 22.9. The van der Waals surface area contributed by atoms with E-state index in [1.807, 2.05) is 13.0 Å². The van der Waals surface area contributed by atoms with E-state index in [4.69, 9.17) is 9.47 Å². The third kappa shape index (κ3) is 4.46. The molecule has 33 heavy (non-hydrogen) atoms. The van der Waals surface area contributed by atoms with Crippen LogP contribution in [0.15, 0.2) is 52.2 Å². The predicted octanol–water partition coefficient (Wildman–Crippen LogP) is 5.46. The molecule has 1 fully saturated rings. The molecule has 5 rings (SSSR count). The SMILES string of the molecule is CCc1ccc([C@H]2C(C(=O)OC[C@@H]3CCCO3)=C(C)NC3=C2C(=O)C[C@@H](c2cccs2)C3)s1. The third-order valence-corrected chi connectivity index (χ3v) is 9.06. The van der Waals surface area contributed by atoms with Gasteiger partial charge >= 0.3 is 5.97 Å². The zero-order valence-corrected chi connectivity index (χ0v) is 20.7. The minimum absolute atomic E-state index is 0.0315. The van der Waals surface area contributed by atoms with Crippen LogP contribution in [0.2, 0.25) is 0 Å². The van der Waals surface area contributed by atoms with E-state index in [9.17, 15) is 9.59 Å². The molecule has 0 aromatic carbocycles. The van der Waals surface area contributed by atoms with Gasteiger partial charge in [-0.1, -0.05) is 13.0 Å². The van der Waals surface area contributed by atoms with Gasteiger partial charge in [-0.3, -0.25) is 4.79 Å². The molecular formula is C26H29NO4S2. The van der Waals surface area contributed by atoms with Crippen molar-refractivity contribution in [3.8, 4) is 0 Å². The van der Waals surface area contributed by atoms with Gasteiger partial charge in [0.15, 0.2) is 5.78 Å². The Bertz CT molecular complexity index is 1110. The van der Waals surface area contributed by atoms with Gasteiger partial charge in [0.25, 0.3) is 0 Å². The fraction of sp³-hybridized carbons (Fsp3) is 0.462. The molecule has 3 aliphatic rings. The smallest absolute Gasteiger partial charge is 0.336 e. The molecule has 2 aromatic rings. The number of hydrogen-bond acceptors (Lipinski definition) is 7. The maximum Gasteiger partial charge on any atom is 0.336 e. The van der Waals surface area contributed by atoms with Crippen LogP contribution < -0.4 is 5.32 Å². The summed E-state index contributed by atoms with van der Waals surface area (Å²) in [5.74, 6) is -0.428. The van der Waals surface area contributed by atoms with Crippen molar-refractivity contribution in [2.75, 3.05) is 13.2 Å². The molecular weight excluding hydrogens is 454 g/mol. The number of allylic oxidation sites excluding steroid dienone is 3. The Morgan fingerprint density at radius 3 is 2.82 bits per heavy atom. The lowest BCUT2D eigenvalue weighted by atomic mass is 9.74. The predicted molar refractivity (Wildman–Crippen MR) is 131 cm³/mol. The number of hydrogen-bond donors (Lipinski definition) is 1. The first-order chi connectivity index (χ1) is 16.0. The monoisotopic (exact) mass is 483 g/mol. The van der Waals surface area contributed by atoms with Gasteiger partial charge in [-0.2, -0.15) is 0 Å². The van der Waals surface area contributed by atoms with Crippen molar-refractivity contribution in [2.45, 2.75) is 63.9 Å². The fourth-order valence-corrected chi connectivity index (χ4v) is 6.98. The van der Waals surface area contributed by atoms with Crippen LogP contribution in [0.25, 0.3) is 0 Å². The van der Waals surface area contributed by atoms with Crippen molar-refractivity contribution in [3.05, 3.63) is 66.8 Å². The fourth-order valence-electron chi connectivity index (χ4n) is 5.08. The number of nitrogens with one attached hydrogen (secondary N) is 1. The van der Waals surface area contributed by atoms with E-state index in [1.54, 1.807) is 22.7 Å². The molecule has 2 aliphatic heterocycles.